The number of nitrogens with zero attached hydrogens (tertiary/aromatic N) is 3. The van der Waals surface area contributed by atoms with Crippen LogP contribution in [0.5, 0.6) is 0 Å². The van der Waals surface area contributed by atoms with Gasteiger partial charge in [0.15, 0.2) is 0 Å². The summed E-state index contributed by atoms with van der Waals surface area (Å²) < 4.78 is 0. The molecule has 18 heavy (non-hydrogen) atoms. The first kappa shape index (κ1) is 13.0. The van der Waals surface area contributed by atoms with Gasteiger partial charge in [-0.05, 0) is 44.2 Å². The molecule has 0 aliphatic heterocycles. The Morgan fingerprint density at radius 1 is 1.50 bits per heavy atom. The van der Waals surface area contributed by atoms with Crippen molar-refractivity contribution in [2.45, 2.75) is 39.2 Å². The summed E-state index contributed by atoms with van der Waals surface area (Å²) in [6.45, 7) is 3.57. The zero-order valence-electron chi connectivity index (χ0n) is 10.3. The third-order valence-corrected chi connectivity index (χ3v) is 3.60. The summed E-state index contributed by atoms with van der Waals surface area (Å²) in [6.07, 6.45) is 3.53. The van der Waals surface area contributed by atoms with E-state index in [1.165, 1.54) is 6.42 Å². The fourth-order valence-electron chi connectivity index (χ4n) is 2.13. The highest BCUT2D eigenvalue weighted by Crippen LogP contribution is 2.33. The lowest BCUT2D eigenvalue weighted by atomic mass is 9.80. The second-order valence-corrected chi connectivity index (χ2v) is 4.99. The Kier molecular flexibility index (Phi) is 3.65. The summed E-state index contributed by atoms with van der Waals surface area (Å²) in [5.41, 5.74) is 0.189. The Morgan fingerprint density at radius 3 is 2.67 bits per heavy atom. The Hall–Kier alpha value is -1.43. The molecular formula is C11H15ClN4O2. The van der Waals surface area contributed by atoms with Crippen LogP contribution in [0.2, 0.25) is 5.28 Å². The molecule has 98 valence electrons. The van der Waals surface area contributed by atoms with E-state index in [2.05, 4.69) is 15.3 Å². The Bertz CT molecular complexity index is 476. The predicted octanol–water partition coefficient (Wildman–Crippen LogP) is 2.95. The van der Waals surface area contributed by atoms with Crippen LogP contribution in [0.3, 0.4) is 0 Å². The Morgan fingerprint density at radius 2 is 2.17 bits per heavy atom. The molecule has 1 unspecified atom stereocenters. The minimum atomic E-state index is -0.471. The number of aryl methyl sites for hydroxylation is 1. The summed E-state index contributed by atoms with van der Waals surface area (Å²) in [7, 11) is 0. The first-order valence-electron chi connectivity index (χ1n) is 5.94. The van der Waals surface area contributed by atoms with Crippen molar-refractivity contribution in [2.75, 3.05) is 5.32 Å². The van der Waals surface area contributed by atoms with Gasteiger partial charge in [-0.15, -0.1) is 0 Å². The highest BCUT2D eigenvalue weighted by molar-refractivity contribution is 6.28. The molecule has 2 rings (SSSR count). The first-order valence-corrected chi connectivity index (χ1v) is 6.32. The molecule has 1 aliphatic rings. The van der Waals surface area contributed by atoms with Gasteiger partial charge < -0.3 is 5.32 Å². The molecule has 1 N–H and O–H groups in total. The van der Waals surface area contributed by atoms with Crippen LogP contribution >= 0.6 is 11.6 Å². The van der Waals surface area contributed by atoms with Crippen LogP contribution < -0.4 is 5.32 Å². The molecule has 1 aromatic rings. The van der Waals surface area contributed by atoms with Crippen molar-refractivity contribution < 1.29 is 4.92 Å². The first-order chi connectivity index (χ1) is 8.49. The van der Waals surface area contributed by atoms with E-state index in [1.807, 2.05) is 6.92 Å². The molecule has 1 saturated carbocycles. The third kappa shape index (κ3) is 2.53. The summed E-state index contributed by atoms with van der Waals surface area (Å²) in [4.78, 5) is 18.3. The van der Waals surface area contributed by atoms with E-state index in [0.29, 0.717) is 5.92 Å². The monoisotopic (exact) mass is 270 g/mol. The van der Waals surface area contributed by atoms with E-state index in [0.717, 1.165) is 12.8 Å². The summed E-state index contributed by atoms with van der Waals surface area (Å²) in [6, 6.07) is 0.155. The second-order valence-electron chi connectivity index (χ2n) is 4.66. The maximum absolute atomic E-state index is 11.0. The third-order valence-electron chi connectivity index (χ3n) is 3.43. The van der Waals surface area contributed by atoms with Crippen LogP contribution in [0.25, 0.3) is 0 Å². The largest absolute Gasteiger partial charge is 0.361 e. The molecular weight excluding hydrogens is 256 g/mol. The van der Waals surface area contributed by atoms with E-state index in [-0.39, 0.29) is 28.5 Å². The lowest BCUT2D eigenvalue weighted by Gasteiger charge is -2.32. The van der Waals surface area contributed by atoms with Crippen LogP contribution in [-0.2, 0) is 0 Å². The highest BCUT2D eigenvalue weighted by atomic mass is 35.5. The normalized spacial score (nSPS) is 17.1. The molecule has 7 heteroatoms. The number of aromatic nitrogens is 2. The highest BCUT2D eigenvalue weighted by Gasteiger charge is 2.28. The van der Waals surface area contributed by atoms with Gasteiger partial charge in [0.05, 0.1) is 4.92 Å². The number of nitro groups is 1. The number of nitrogens with one attached hydrogen (secondary N) is 1. The number of hydrogen-bond acceptors (Lipinski definition) is 5. The van der Waals surface area contributed by atoms with Gasteiger partial charge in [-0.3, -0.25) is 10.1 Å². The van der Waals surface area contributed by atoms with Gasteiger partial charge >= 0.3 is 5.69 Å². The zero-order valence-corrected chi connectivity index (χ0v) is 11.1. The minimum absolute atomic E-state index is 0.0291. The molecule has 0 bridgehead atoms. The van der Waals surface area contributed by atoms with Crippen molar-refractivity contribution in [3.8, 4) is 0 Å². The molecule has 0 radical (unpaired) electrons. The van der Waals surface area contributed by atoms with Crippen LogP contribution in [0.4, 0.5) is 11.5 Å². The van der Waals surface area contributed by atoms with Crippen molar-refractivity contribution in [1.82, 2.24) is 9.97 Å². The molecule has 1 atom stereocenters. The average molecular weight is 271 g/mol. The average Bonchev–Trinajstić information content (AvgIpc) is 2.11. The fraction of sp³-hybridized carbons (Fsp3) is 0.636. The maximum atomic E-state index is 11.0. The number of halogens is 1. The summed E-state index contributed by atoms with van der Waals surface area (Å²) in [5.74, 6) is 0.774. The van der Waals surface area contributed by atoms with Crippen LogP contribution in [-0.4, -0.2) is 20.9 Å². The molecule has 0 aromatic carbocycles. The van der Waals surface area contributed by atoms with Gasteiger partial charge in [0, 0.05) is 6.04 Å². The second kappa shape index (κ2) is 5.06. The van der Waals surface area contributed by atoms with Gasteiger partial charge in [-0.1, -0.05) is 6.42 Å². The summed E-state index contributed by atoms with van der Waals surface area (Å²) in [5, 5.41) is 14.2. The van der Waals surface area contributed by atoms with Crippen molar-refractivity contribution in [2.24, 2.45) is 5.92 Å². The summed E-state index contributed by atoms with van der Waals surface area (Å²) >= 11 is 5.75. The van der Waals surface area contributed by atoms with Gasteiger partial charge in [0.1, 0.15) is 5.69 Å². The van der Waals surface area contributed by atoms with Crippen molar-refractivity contribution >= 4 is 23.1 Å². The predicted molar refractivity (Wildman–Crippen MR) is 68.9 cm³/mol. The van der Waals surface area contributed by atoms with Crippen LogP contribution in [0, 0.1) is 23.0 Å². The van der Waals surface area contributed by atoms with Gasteiger partial charge in [-0.25, -0.2) is 4.98 Å². The molecule has 6 nitrogen and oxygen atoms in total. The number of anilines is 1. The van der Waals surface area contributed by atoms with Gasteiger partial charge in [-0.2, -0.15) is 4.98 Å². The van der Waals surface area contributed by atoms with E-state index in [9.17, 15) is 10.1 Å². The quantitative estimate of drug-likeness (QED) is 0.517. The van der Waals surface area contributed by atoms with Crippen molar-refractivity contribution in [1.29, 1.82) is 0 Å². The molecule has 1 aromatic heterocycles. The minimum Gasteiger partial charge on any atom is -0.361 e. The Balaban J connectivity index is 2.27. The molecule has 1 fully saturated rings. The topological polar surface area (TPSA) is 81.0 Å². The van der Waals surface area contributed by atoms with Gasteiger partial charge in [0.25, 0.3) is 0 Å². The molecule has 0 amide bonds. The van der Waals surface area contributed by atoms with E-state index in [1.54, 1.807) is 6.92 Å². The molecule has 0 spiro atoms. The van der Waals surface area contributed by atoms with Gasteiger partial charge in [0.2, 0.25) is 11.1 Å². The van der Waals surface area contributed by atoms with E-state index in [4.69, 9.17) is 11.6 Å². The lowest BCUT2D eigenvalue weighted by Crippen LogP contribution is -2.31. The van der Waals surface area contributed by atoms with Crippen LogP contribution in [0.15, 0.2) is 0 Å². The van der Waals surface area contributed by atoms with Crippen LogP contribution in [0.1, 0.15) is 31.9 Å². The molecule has 1 heterocycles. The zero-order chi connectivity index (χ0) is 13.3. The van der Waals surface area contributed by atoms with Crippen molar-refractivity contribution in [3.63, 3.8) is 0 Å². The fourth-order valence-corrected chi connectivity index (χ4v) is 2.34. The molecule has 0 saturated heterocycles. The van der Waals surface area contributed by atoms with Crippen molar-refractivity contribution in [3.05, 3.63) is 21.1 Å². The number of hydrogen-bond donors (Lipinski definition) is 1. The SMILES string of the molecule is Cc1nc(Cl)nc(NC(C)C2CCC2)c1[N+](=O)[O-]. The number of rotatable bonds is 4. The Labute approximate surface area is 110 Å². The maximum Gasteiger partial charge on any atom is 0.332 e. The van der Waals surface area contributed by atoms with E-state index >= 15 is 0 Å². The molecule has 1 aliphatic carbocycles. The standard InChI is InChI=1S/C11H15ClN4O2/c1-6(8-4-3-5-8)13-10-9(16(17)18)7(2)14-11(12)15-10/h6,8H,3-5H2,1-2H3,(H,13,14,15). The van der Waals surface area contributed by atoms with E-state index < -0.39 is 4.92 Å². The smallest absolute Gasteiger partial charge is 0.332 e. The lowest BCUT2D eigenvalue weighted by molar-refractivity contribution is -0.385.